The number of nitrogens with one attached hydrogen (secondary N) is 1. The average Bonchev–Trinajstić information content (AvgIpc) is 2.59. The summed E-state index contributed by atoms with van der Waals surface area (Å²) in [6, 6.07) is 5.78. The highest BCUT2D eigenvalue weighted by atomic mass is 19.1. The molecular formula is C16H21FN6O. The fraction of sp³-hybridized carbons (Fsp3) is 0.375. The van der Waals surface area contributed by atoms with Gasteiger partial charge in [-0.25, -0.2) is 9.37 Å². The maximum atomic E-state index is 13.8. The molecule has 7 nitrogen and oxygen atoms in total. The normalized spacial score (nSPS) is 15.4. The molecule has 128 valence electrons. The van der Waals surface area contributed by atoms with E-state index >= 15 is 0 Å². The second-order valence-corrected chi connectivity index (χ2v) is 5.72. The Bertz CT molecular complexity index is 718. The molecule has 0 bridgehead atoms. The van der Waals surface area contributed by atoms with E-state index in [2.05, 4.69) is 32.1 Å². The second kappa shape index (κ2) is 6.88. The lowest BCUT2D eigenvalue weighted by atomic mass is 10.2. The third-order valence-electron chi connectivity index (χ3n) is 4.07. The van der Waals surface area contributed by atoms with E-state index in [1.807, 2.05) is 18.2 Å². The summed E-state index contributed by atoms with van der Waals surface area (Å²) in [6.45, 7) is 3.97. The first-order chi connectivity index (χ1) is 11.6. The van der Waals surface area contributed by atoms with Gasteiger partial charge in [0.15, 0.2) is 11.6 Å². The van der Waals surface area contributed by atoms with Crippen molar-refractivity contribution in [3.63, 3.8) is 0 Å². The van der Waals surface area contributed by atoms with Gasteiger partial charge < -0.3 is 25.6 Å². The van der Waals surface area contributed by atoms with Gasteiger partial charge in [0, 0.05) is 37.9 Å². The number of anilines is 4. The Morgan fingerprint density at radius 3 is 2.71 bits per heavy atom. The van der Waals surface area contributed by atoms with E-state index in [9.17, 15) is 4.39 Å². The predicted octanol–water partition coefficient (Wildman–Crippen LogP) is 1.70. The van der Waals surface area contributed by atoms with Crippen LogP contribution < -0.4 is 20.7 Å². The average molecular weight is 332 g/mol. The van der Waals surface area contributed by atoms with Gasteiger partial charge in [-0.3, -0.25) is 0 Å². The number of benzene rings is 1. The Morgan fingerprint density at radius 1 is 1.25 bits per heavy atom. The van der Waals surface area contributed by atoms with Crippen molar-refractivity contribution < 1.29 is 9.13 Å². The molecule has 0 unspecified atom stereocenters. The van der Waals surface area contributed by atoms with E-state index in [1.54, 1.807) is 7.11 Å². The first-order valence-electron chi connectivity index (χ1n) is 7.73. The van der Waals surface area contributed by atoms with Gasteiger partial charge in [0.05, 0.1) is 19.0 Å². The van der Waals surface area contributed by atoms with Crippen LogP contribution in [0.3, 0.4) is 0 Å². The van der Waals surface area contributed by atoms with E-state index in [1.165, 1.54) is 0 Å². The second-order valence-electron chi connectivity index (χ2n) is 5.72. The minimum atomic E-state index is -0.575. The quantitative estimate of drug-likeness (QED) is 0.882. The molecule has 0 spiro atoms. The molecule has 8 heteroatoms. The summed E-state index contributed by atoms with van der Waals surface area (Å²) < 4.78 is 19.2. The lowest BCUT2D eigenvalue weighted by Crippen LogP contribution is -2.44. The largest absolute Gasteiger partial charge is 0.494 e. The van der Waals surface area contributed by atoms with Gasteiger partial charge in [-0.2, -0.15) is 4.98 Å². The first-order valence-corrected chi connectivity index (χ1v) is 7.73. The Morgan fingerprint density at radius 2 is 2.00 bits per heavy atom. The summed E-state index contributed by atoms with van der Waals surface area (Å²) >= 11 is 0. The van der Waals surface area contributed by atoms with Crippen molar-refractivity contribution in [2.45, 2.75) is 0 Å². The van der Waals surface area contributed by atoms with Gasteiger partial charge in [-0.1, -0.05) is 0 Å². The Balaban J connectivity index is 1.83. The topological polar surface area (TPSA) is 79.5 Å². The number of nitrogens with two attached hydrogens (primary N) is 1. The smallest absolute Gasteiger partial charge is 0.222 e. The molecular weight excluding hydrogens is 311 g/mol. The summed E-state index contributed by atoms with van der Waals surface area (Å²) in [5, 5.41) is 2.91. The van der Waals surface area contributed by atoms with E-state index in [-0.39, 0.29) is 11.8 Å². The molecule has 24 heavy (non-hydrogen) atoms. The lowest BCUT2D eigenvalue weighted by molar-refractivity contribution is 0.312. The van der Waals surface area contributed by atoms with Crippen molar-refractivity contribution in [1.82, 2.24) is 14.9 Å². The number of aromatic nitrogens is 2. The monoisotopic (exact) mass is 332 g/mol. The van der Waals surface area contributed by atoms with Crippen LogP contribution >= 0.6 is 0 Å². The standard InChI is InChI=1S/C16H21FN6O/c1-22-5-7-23(8-6-22)11-3-4-13(14(9-11)24-2)20-15-12(17)10-19-16(18)21-15/h3-4,9-10H,5-8H2,1-2H3,(H3,18,19,20,21). The lowest BCUT2D eigenvalue weighted by Gasteiger charge is -2.34. The zero-order valence-corrected chi connectivity index (χ0v) is 13.8. The van der Waals surface area contributed by atoms with Crippen molar-refractivity contribution in [2.75, 3.05) is 56.3 Å². The van der Waals surface area contributed by atoms with Gasteiger partial charge in [-0.05, 0) is 19.2 Å². The van der Waals surface area contributed by atoms with Gasteiger partial charge in [-0.15, -0.1) is 0 Å². The SMILES string of the molecule is COc1cc(N2CCN(C)CC2)ccc1Nc1nc(N)ncc1F. The van der Waals surface area contributed by atoms with Crippen LogP contribution in [0.2, 0.25) is 0 Å². The van der Waals surface area contributed by atoms with Crippen molar-refractivity contribution in [1.29, 1.82) is 0 Å². The molecule has 3 rings (SSSR count). The summed E-state index contributed by atoms with van der Waals surface area (Å²) in [5.74, 6) is 0.0671. The molecule has 0 atom stereocenters. The van der Waals surface area contributed by atoms with Crippen LogP contribution in [0.5, 0.6) is 5.75 Å². The molecule has 1 aromatic carbocycles. The van der Waals surface area contributed by atoms with Crippen molar-refractivity contribution in [3.8, 4) is 5.75 Å². The van der Waals surface area contributed by atoms with Gasteiger partial charge in [0.1, 0.15) is 5.75 Å². The molecule has 0 amide bonds. The van der Waals surface area contributed by atoms with Crippen LogP contribution in [0.15, 0.2) is 24.4 Å². The van der Waals surface area contributed by atoms with Crippen LogP contribution in [0.25, 0.3) is 0 Å². The third kappa shape index (κ3) is 3.48. The molecule has 0 aliphatic carbocycles. The van der Waals surface area contributed by atoms with Crippen LogP contribution in [0.1, 0.15) is 0 Å². The highest BCUT2D eigenvalue weighted by Crippen LogP contribution is 2.32. The van der Waals surface area contributed by atoms with E-state index in [0.717, 1.165) is 38.1 Å². The number of likely N-dealkylation sites (N-methyl/N-ethyl adjacent to an activating group) is 1. The van der Waals surface area contributed by atoms with E-state index in [0.29, 0.717) is 11.4 Å². The van der Waals surface area contributed by atoms with Crippen LogP contribution in [0, 0.1) is 5.82 Å². The minimum Gasteiger partial charge on any atom is -0.494 e. The number of rotatable bonds is 4. The highest BCUT2D eigenvalue weighted by Gasteiger charge is 2.16. The summed E-state index contributed by atoms with van der Waals surface area (Å²) in [6.07, 6.45) is 1.04. The number of methoxy groups -OCH3 is 1. The number of piperazine rings is 1. The summed E-state index contributed by atoms with van der Waals surface area (Å²) in [5.41, 5.74) is 7.21. The zero-order valence-electron chi connectivity index (χ0n) is 13.8. The molecule has 2 aromatic rings. The third-order valence-corrected chi connectivity index (χ3v) is 4.07. The molecule has 3 N–H and O–H groups in total. The van der Waals surface area contributed by atoms with Crippen molar-refractivity contribution in [3.05, 3.63) is 30.2 Å². The Labute approximate surface area is 140 Å². The Kier molecular flexibility index (Phi) is 4.66. The van der Waals surface area contributed by atoms with Crippen LogP contribution in [-0.4, -0.2) is 55.2 Å². The highest BCUT2D eigenvalue weighted by molar-refractivity contribution is 5.69. The number of nitrogens with zero attached hydrogens (tertiary/aromatic N) is 4. The summed E-state index contributed by atoms with van der Waals surface area (Å²) in [7, 11) is 3.70. The maximum Gasteiger partial charge on any atom is 0.222 e. The van der Waals surface area contributed by atoms with Crippen LogP contribution in [0.4, 0.5) is 27.5 Å². The zero-order chi connectivity index (χ0) is 17.1. The summed E-state index contributed by atoms with van der Waals surface area (Å²) in [4.78, 5) is 12.1. The van der Waals surface area contributed by atoms with Gasteiger partial charge in [0.25, 0.3) is 0 Å². The van der Waals surface area contributed by atoms with Gasteiger partial charge in [0.2, 0.25) is 5.95 Å². The molecule has 1 aromatic heterocycles. The molecule has 0 radical (unpaired) electrons. The molecule has 0 saturated carbocycles. The molecule has 1 fully saturated rings. The van der Waals surface area contributed by atoms with E-state index in [4.69, 9.17) is 10.5 Å². The molecule has 1 aliphatic rings. The Hall–Kier alpha value is -2.61. The molecule has 1 aliphatic heterocycles. The maximum absolute atomic E-state index is 13.8. The number of halogens is 1. The molecule has 1 saturated heterocycles. The van der Waals surface area contributed by atoms with E-state index < -0.39 is 5.82 Å². The first kappa shape index (κ1) is 16.3. The molecule has 2 heterocycles. The number of hydrogen-bond donors (Lipinski definition) is 2. The van der Waals surface area contributed by atoms with Crippen LogP contribution in [-0.2, 0) is 0 Å². The number of hydrogen-bond acceptors (Lipinski definition) is 7. The predicted molar refractivity (Wildman–Crippen MR) is 92.4 cm³/mol. The fourth-order valence-electron chi connectivity index (χ4n) is 2.64. The van der Waals surface area contributed by atoms with Crippen molar-refractivity contribution >= 4 is 23.1 Å². The van der Waals surface area contributed by atoms with Crippen molar-refractivity contribution in [2.24, 2.45) is 0 Å². The van der Waals surface area contributed by atoms with Gasteiger partial charge >= 0.3 is 0 Å². The minimum absolute atomic E-state index is 0.00641. The number of nitrogen functional groups attached to an aromatic ring is 1. The number of ether oxygens (including phenoxy) is 1. The fourth-order valence-corrected chi connectivity index (χ4v) is 2.64.